The van der Waals surface area contributed by atoms with Crippen LogP contribution in [-0.2, 0) is 0 Å². The normalized spacial score (nSPS) is 21.6. The van der Waals surface area contributed by atoms with Crippen molar-refractivity contribution in [1.29, 1.82) is 0 Å². The number of fused-ring (bicyclic) bond motifs is 1. The number of hydrazone groups is 1. The van der Waals surface area contributed by atoms with Crippen LogP contribution in [0.2, 0.25) is 0 Å². The Balaban J connectivity index is 1.57. The second-order valence-corrected chi connectivity index (χ2v) is 8.08. The van der Waals surface area contributed by atoms with Crippen LogP contribution in [0.25, 0.3) is 6.08 Å². The predicted molar refractivity (Wildman–Crippen MR) is 121 cm³/mol. The monoisotopic (exact) mass is 410 g/mol. The van der Waals surface area contributed by atoms with Gasteiger partial charge in [0.2, 0.25) is 0 Å². The summed E-state index contributed by atoms with van der Waals surface area (Å²) in [5.41, 5.74) is 4.85. The summed E-state index contributed by atoms with van der Waals surface area (Å²) in [6.45, 7) is 0. The van der Waals surface area contributed by atoms with Crippen LogP contribution in [0.3, 0.4) is 0 Å². The predicted octanol–water partition coefficient (Wildman–Crippen LogP) is 6.26. The van der Waals surface area contributed by atoms with Gasteiger partial charge in [-0.3, -0.25) is 4.79 Å². The van der Waals surface area contributed by atoms with Crippen LogP contribution in [0.1, 0.15) is 46.8 Å². The van der Waals surface area contributed by atoms with E-state index in [1.165, 1.54) is 29.8 Å². The van der Waals surface area contributed by atoms with Crippen molar-refractivity contribution < 1.29 is 9.18 Å². The topological polar surface area (TPSA) is 32.7 Å². The molecule has 5 rings (SSSR count). The van der Waals surface area contributed by atoms with E-state index in [4.69, 9.17) is 5.10 Å². The van der Waals surface area contributed by atoms with Gasteiger partial charge in [-0.2, -0.15) is 5.10 Å². The largest absolute Gasteiger partial charge is 0.274 e. The van der Waals surface area contributed by atoms with Crippen LogP contribution < -0.4 is 0 Å². The van der Waals surface area contributed by atoms with Gasteiger partial charge in [-0.05, 0) is 66.3 Å². The Hall–Kier alpha value is -3.53. The van der Waals surface area contributed by atoms with Gasteiger partial charge in [-0.15, -0.1) is 0 Å². The molecule has 1 aliphatic carbocycles. The van der Waals surface area contributed by atoms with Crippen molar-refractivity contribution in [3.8, 4) is 0 Å². The van der Waals surface area contributed by atoms with Gasteiger partial charge in [0, 0.05) is 11.5 Å². The molecular weight excluding hydrogens is 387 g/mol. The minimum atomic E-state index is -0.356. The van der Waals surface area contributed by atoms with Gasteiger partial charge in [-0.25, -0.2) is 9.40 Å². The van der Waals surface area contributed by atoms with Gasteiger partial charge < -0.3 is 0 Å². The summed E-state index contributed by atoms with van der Waals surface area (Å²) in [6.07, 6.45) is 5.19. The van der Waals surface area contributed by atoms with E-state index in [2.05, 4.69) is 30.3 Å². The van der Waals surface area contributed by atoms with Gasteiger partial charge in [0.15, 0.2) is 0 Å². The van der Waals surface area contributed by atoms with E-state index in [9.17, 15) is 9.18 Å². The van der Waals surface area contributed by atoms with Crippen molar-refractivity contribution in [2.45, 2.75) is 25.3 Å². The van der Waals surface area contributed by atoms with Gasteiger partial charge in [0.05, 0.1) is 11.8 Å². The first kappa shape index (κ1) is 19.4. The van der Waals surface area contributed by atoms with Crippen LogP contribution in [0.4, 0.5) is 4.39 Å². The molecule has 3 nitrogen and oxygen atoms in total. The molecule has 154 valence electrons. The van der Waals surface area contributed by atoms with Crippen LogP contribution >= 0.6 is 0 Å². The third-order valence-electron chi connectivity index (χ3n) is 6.08. The Morgan fingerprint density at radius 2 is 1.61 bits per heavy atom. The van der Waals surface area contributed by atoms with Crippen molar-refractivity contribution in [3.05, 3.63) is 113 Å². The third-order valence-corrected chi connectivity index (χ3v) is 6.08. The molecule has 0 unspecified atom stereocenters. The fourth-order valence-corrected chi connectivity index (χ4v) is 4.63. The quantitative estimate of drug-likeness (QED) is 0.501. The van der Waals surface area contributed by atoms with E-state index >= 15 is 0 Å². The van der Waals surface area contributed by atoms with E-state index in [-0.39, 0.29) is 23.7 Å². The van der Waals surface area contributed by atoms with Crippen LogP contribution in [0.15, 0.2) is 95.6 Å². The molecule has 0 bridgehead atoms. The smallest absolute Gasteiger partial charge is 0.267 e. The number of benzene rings is 3. The lowest BCUT2D eigenvalue weighted by atomic mass is 9.77. The third kappa shape index (κ3) is 3.81. The number of allylic oxidation sites excluding steroid dienone is 1. The second kappa shape index (κ2) is 8.31. The molecule has 0 N–H and O–H groups in total. The molecule has 0 radical (unpaired) electrons. The summed E-state index contributed by atoms with van der Waals surface area (Å²) in [5.74, 6) is -0.407. The molecule has 2 aliphatic rings. The van der Waals surface area contributed by atoms with Crippen molar-refractivity contribution in [2.24, 2.45) is 11.0 Å². The summed E-state index contributed by atoms with van der Waals surface area (Å²) < 4.78 is 13.4. The molecule has 2 atom stereocenters. The highest BCUT2D eigenvalue weighted by Crippen LogP contribution is 2.44. The molecule has 31 heavy (non-hydrogen) atoms. The molecule has 0 aromatic heterocycles. The molecule has 1 heterocycles. The number of halogens is 1. The number of carbonyl (C=O) groups excluding carboxylic acids is 1. The van der Waals surface area contributed by atoms with E-state index < -0.39 is 0 Å². The van der Waals surface area contributed by atoms with E-state index in [0.29, 0.717) is 5.56 Å². The molecular formula is C27H23FN2O. The number of hydrogen-bond acceptors (Lipinski definition) is 2. The average molecular weight is 410 g/mol. The summed E-state index contributed by atoms with van der Waals surface area (Å²) in [4.78, 5) is 13.4. The van der Waals surface area contributed by atoms with Crippen molar-refractivity contribution >= 4 is 17.7 Å². The Morgan fingerprint density at radius 3 is 2.32 bits per heavy atom. The van der Waals surface area contributed by atoms with Gasteiger partial charge in [-0.1, -0.05) is 60.7 Å². The van der Waals surface area contributed by atoms with Crippen LogP contribution in [0, 0.1) is 11.7 Å². The summed E-state index contributed by atoms with van der Waals surface area (Å²) in [5, 5.41) is 6.50. The lowest BCUT2D eigenvalue weighted by Crippen LogP contribution is -2.31. The molecule has 4 heteroatoms. The molecule has 1 fully saturated rings. The molecule has 3 aromatic rings. The van der Waals surface area contributed by atoms with Gasteiger partial charge >= 0.3 is 0 Å². The number of amides is 1. The minimum absolute atomic E-state index is 0.149. The Bertz CT molecular complexity index is 1140. The Morgan fingerprint density at radius 1 is 0.935 bits per heavy atom. The molecule has 0 saturated heterocycles. The average Bonchev–Trinajstić information content (AvgIpc) is 3.21. The van der Waals surface area contributed by atoms with E-state index in [1.807, 2.05) is 36.4 Å². The van der Waals surface area contributed by atoms with E-state index in [0.717, 1.165) is 36.1 Å². The second-order valence-electron chi connectivity index (χ2n) is 8.08. The number of hydrogen-bond donors (Lipinski definition) is 0. The zero-order chi connectivity index (χ0) is 21.2. The maximum Gasteiger partial charge on any atom is 0.274 e. The van der Waals surface area contributed by atoms with Gasteiger partial charge in [0.1, 0.15) is 5.82 Å². The highest BCUT2D eigenvalue weighted by Gasteiger charge is 2.43. The first-order valence-corrected chi connectivity index (χ1v) is 10.7. The standard InChI is InChI=1S/C27H23FN2O/c28-23-16-14-21(15-17-23)27(31)30-26(20-10-5-2-6-11-20)24-13-7-12-22(25(24)29-30)18-19-8-3-1-4-9-19/h1-6,8-11,14-18,24,26H,7,12-13H2/b22-18+/t24-,26+/m0/s1. The van der Waals surface area contributed by atoms with Crippen molar-refractivity contribution in [1.82, 2.24) is 5.01 Å². The molecule has 1 aliphatic heterocycles. The fourth-order valence-electron chi connectivity index (χ4n) is 4.63. The Kier molecular flexibility index (Phi) is 5.21. The molecule has 0 spiro atoms. The maximum absolute atomic E-state index is 13.4. The number of rotatable bonds is 3. The summed E-state index contributed by atoms with van der Waals surface area (Å²) in [6, 6.07) is 25.9. The highest BCUT2D eigenvalue weighted by molar-refractivity contribution is 6.09. The van der Waals surface area contributed by atoms with Crippen molar-refractivity contribution in [3.63, 3.8) is 0 Å². The molecule has 3 aromatic carbocycles. The maximum atomic E-state index is 13.4. The summed E-state index contributed by atoms with van der Waals surface area (Å²) >= 11 is 0. The van der Waals surface area contributed by atoms with Crippen LogP contribution in [-0.4, -0.2) is 16.6 Å². The lowest BCUT2D eigenvalue weighted by molar-refractivity contribution is 0.0681. The molecule has 1 amide bonds. The highest BCUT2D eigenvalue weighted by atomic mass is 19.1. The minimum Gasteiger partial charge on any atom is -0.267 e. The summed E-state index contributed by atoms with van der Waals surface area (Å²) in [7, 11) is 0. The fraction of sp³-hybridized carbons (Fsp3) is 0.185. The Labute approximate surface area is 181 Å². The first-order valence-electron chi connectivity index (χ1n) is 10.7. The van der Waals surface area contributed by atoms with Gasteiger partial charge in [0.25, 0.3) is 5.91 Å². The van der Waals surface area contributed by atoms with E-state index in [1.54, 1.807) is 5.01 Å². The SMILES string of the molecule is O=C(c1ccc(F)cc1)N1N=C2/C(=C/c3ccccc3)CCC[C@@H]2[C@H]1c1ccccc1. The zero-order valence-electron chi connectivity index (χ0n) is 17.1. The molecule has 1 saturated carbocycles. The lowest BCUT2D eigenvalue weighted by Gasteiger charge is -2.29. The van der Waals surface area contributed by atoms with Crippen LogP contribution in [0.5, 0.6) is 0 Å². The zero-order valence-corrected chi connectivity index (χ0v) is 17.1. The first-order chi connectivity index (χ1) is 15.2. The number of carbonyl (C=O) groups is 1. The van der Waals surface area contributed by atoms with Crippen molar-refractivity contribution in [2.75, 3.05) is 0 Å². The number of nitrogens with zero attached hydrogens (tertiary/aromatic N) is 2.